The summed E-state index contributed by atoms with van der Waals surface area (Å²) >= 11 is 13.4. The number of carbonyl (C=O) groups excluding carboxylic acids is 2. The summed E-state index contributed by atoms with van der Waals surface area (Å²) in [7, 11) is 0. The van der Waals surface area contributed by atoms with E-state index in [0.717, 1.165) is 5.56 Å². The Bertz CT molecular complexity index is 934. The van der Waals surface area contributed by atoms with Gasteiger partial charge in [-0.15, -0.1) is 11.8 Å². The highest BCUT2D eigenvalue weighted by molar-refractivity contribution is 7.99. The third-order valence-corrected chi connectivity index (χ3v) is 6.15. The van der Waals surface area contributed by atoms with Crippen molar-refractivity contribution in [2.75, 3.05) is 5.75 Å². The standard InChI is InChI=1S/C23H27Cl2FN2O2S/c1-15(22(30)27-23(2,3)4)28(12-16-9-10-18(24)19(25)11-16)21(29)14-31-13-17-7-5-6-8-20(17)26/h5-11,15H,12-14H2,1-4H3,(H,27,30)/t15-/m0/s1. The maximum Gasteiger partial charge on any atom is 0.242 e. The Balaban J connectivity index is 2.14. The molecule has 2 aromatic carbocycles. The molecule has 4 nitrogen and oxygen atoms in total. The summed E-state index contributed by atoms with van der Waals surface area (Å²) < 4.78 is 13.8. The zero-order chi connectivity index (χ0) is 23.2. The molecule has 0 aliphatic rings. The first-order valence-electron chi connectivity index (χ1n) is 9.84. The quantitative estimate of drug-likeness (QED) is 0.522. The summed E-state index contributed by atoms with van der Waals surface area (Å²) in [5.74, 6) is -0.290. The van der Waals surface area contributed by atoms with Crippen molar-refractivity contribution in [2.24, 2.45) is 0 Å². The Labute approximate surface area is 197 Å². The average Bonchev–Trinajstić information content (AvgIpc) is 2.68. The van der Waals surface area contributed by atoms with E-state index in [9.17, 15) is 14.0 Å². The lowest BCUT2D eigenvalue weighted by Gasteiger charge is -2.31. The van der Waals surface area contributed by atoms with Gasteiger partial charge in [0.15, 0.2) is 0 Å². The molecule has 0 aliphatic carbocycles. The van der Waals surface area contributed by atoms with E-state index in [-0.39, 0.29) is 29.9 Å². The molecule has 8 heteroatoms. The molecular formula is C23H27Cl2FN2O2S. The Morgan fingerprint density at radius 2 is 1.81 bits per heavy atom. The van der Waals surface area contributed by atoms with Gasteiger partial charge in [-0.25, -0.2) is 4.39 Å². The molecule has 0 saturated heterocycles. The van der Waals surface area contributed by atoms with E-state index in [1.165, 1.54) is 22.7 Å². The second-order valence-corrected chi connectivity index (χ2v) is 10.1. The summed E-state index contributed by atoms with van der Waals surface area (Å²) in [6, 6.07) is 10.9. The van der Waals surface area contributed by atoms with Crippen LogP contribution in [0.5, 0.6) is 0 Å². The number of hydrogen-bond acceptors (Lipinski definition) is 3. The van der Waals surface area contributed by atoms with Gasteiger partial charge in [-0.2, -0.15) is 0 Å². The van der Waals surface area contributed by atoms with Crippen LogP contribution in [0.4, 0.5) is 4.39 Å². The maximum atomic E-state index is 13.8. The van der Waals surface area contributed by atoms with Gasteiger partial charge >= 0.3 is 0 Å². The van der Waals surface area contributed by atoms with Crippen molar-refractivity contribution in [3.63, 3.8) is 0 Å². The molecule has 0 spiro atoms. The van der Waals surface area contributed by atoms with E-state index in [1.54, 1.807) is 43.3 Å². The van der Waals surface area contributed by atoms with Crippen LogP contribution in [-0.2, 0) is 21.9 Å². The van der Waals surface area contributed by atoms with E-state index in [0.29, 0.717) is 21.4 Å². The van der Waals surface area contributed by atoms with Gasteiger partial charge in [0, 0.05) is 17.8 Å². The highest BCUT2D eigenvalue weighted by Gasteiger charge is 2.28. The monoisotopic (exact) mass is 484 g/mol. The average molecular weight is 485 g/mol. The smallest absolute Gasteiger partial charge is 0.242 e. The van der Waals surface area contributed by atoms with Gasteiger partial charge in [-0.3, -0.25) is 9.59 Å². The highest BCUT2D eigenvalue weighted by Crippen LogP contribution is 2.24. The van der Waals surface area contributed by atoms with Gasteiger partial charge < -0.3 is 10.2 Å². The van der Waals surface area contributed by atoms with Crippen LogP contribution < -0.4 is 5.32 Å². The van der Waals surface area contributed by atoms with E-state index in [2.05, 4.69) is 5.32 Å². The molecule has 0 bridgehead atoms. The number of hydrogen-bond donors (Lipinski definition) is 1. The highest BCUT2D eigenvalue weighted by atomic mass is 35.5. The third-order valence-electron chi connectivity index (χ3n) is 4.44. The molecule has 2 amide bonds. The largest absolute Gasteiger partial charge is 0.350 e. The number of amides is 2. The summed E-state index contributed by atoms with van der Waals surface area (Å²) in [5.41, 5.74) is 0.871. The van der Waals surface area contributed by atoms with Crippen molar-refractivity contribution in [3.05, 3.63) is 69.5 Å². The minimum Gasteiger partial charge on any atom is -0.350 e. The lowest BCUT2D eigenvalue weighted by Crippen LogP contribution is -2.52. The number of carbonyl (C=O) groups is 2. The lowest BCUT2D eigenvalue weighted by molar-refractivity contribution is -0.139. The summed E-state index contributed by atoms with van der Waals surface area (Å²) in [4.78, 5) is 27.3. The zero-order valence-electron chi connectivity index (χ0n) is 18.0. The number of halogens is 3. The van der Waals surface area contributed by atoms with Gasteiger partial charge in [-0.1, -0.05) is 47.5 Å². The number of thioether (sulfide) groups is 1. The molecule has 2 aromatic rings. The second kappa shape index (κ2) is 11.2. The van der Waals surface area contributed by atoms with Crippen LogP contribution >= 0.6 is 35.0 Å². The fourth-order valence-corrected chi connectivity index (χ4v) is 4.06. The zero-order valence-corrected chi connectivity index (χ0v) is 20.4. The molecule has 0 aliphatic heterocycles. The van der Waals surface area contributed by atoms with Gasteiger partial charge in [0.2, 0.25) is 11.8 Å². The Hall–Kier alpha value is -1.76. The summed E-state index contributed by atoms with van der Waals surface area (Å²) in [6.07, 6.45) is 0. The van der Waals surface area contributed by atoms with E-state index >= 15 is 0 Å². The van der Waals surface area contributed by atoms with Crippen molar-refractivity contribution in [1.29, 1.82) is 0 Å². The molecule has 168 valence electrons. The van der Waals surface area contributed by atoms with Crippen LogP contribution in [0.25, 0.3) is 0 Å². The lowest BCUT2D eigenvalue weighted by atomic mass is 10.1. The third kappa shape index (κ3) is 8.02. The summed E-state index contributed by atoms with van der Waals surface area (Å²) in [6.45, 7) is 7.54. The normalized spacial score (nSPS) is 12.4. The van der Waals surface area contributed by atoms with Crippen LogP contribution in [0.2, 0.25) is 10.0 Å². The number of nitrogens with zero attached hydrogens (tertiary/aromatic N) is 1. The molecule has 2 rings (SSSR count). The van der Waals surface area contributed by atoms with Crippen LogP contribution in [0.1, 0.15) is 38.8 Å². The topological polar surface area (TPSA) is 49.4 Å². The maximum absolute atomic E-state index is 13.8. The minimum absolute atomic E-state index is 0.114. The van der Waals surface area contributed by atoms with Gasteiger partial charge in [0.25, 0.3) is 0 Å². The first kappa shape index (κ1) is 25.5. The minimum atomic E-state index is -0.699. The molecule has 0 fully saturated rings. The first-order valence-corrected chi connectivity index (χ1v) is 11.8. The molecular weight excluding hydrogens is 458 g/mol. The predicted molar refractivity (Wildman–Crippen MR) is 127 cm³/mol. The molecule has 0 aromatic heterocycles. The molecule has 0 unspecified atom stereocenters. The first-order chi connectivity index (χ1) is 14.5. The molecule has 1 atom stereocenters. The van der Waals surface area contributed by atoms with Crippen molar-refractivity contribution in [3.8, 4) is 0 Å². The van der Waals surface area contributed by atoms with Crippen molar-refractivity contribution in [1.82, 2.24) is 10.2 Å². The van der Waals surface area contributed by atoms with E-state index in [4.69, 9.17) is 23.2 Å². The fraction of sp³-hybridized carbons (Fsp3) is 0.391. The number of nitrogens with one attached hydrogen (secondary N) is 1. The molecule has 31 heavy (non-hydrogen) atoms. The Morgan fingerprint density at radius 3 is 2.42 bits per heavy atom. The molecule has 0 heterocycles. The van der Waals surface area contributed by atoms with Crippen molar-refractivity contribution in [2.45, 2.75) is 51.6 Å². The van der Waals surface area contributed by atoms with Crippen LogP contribution in [-0.4, -0.2) is 34.0 Å². The molecule has 0 radical (unpaired) electrons. The van der Waals surface area contributed by atoms with Crippen LogP contribution in [0.3, 0.4) is 0 Å². The van der Waals surface area contributed by atoms with E-state index in [1.807, 2.05) is 20.8 Å². The molecule has 0 saturated carbocycles. The molecule has 1 N–H and O–H groups in total. The second-order valence-electron chi connectivity index (χ2n) is 8.27. The van der Waals surface area contributed by atoms with Crippen LogP contribution in [0, 0.1) is 5.82 Å². The van der Waals surface area contributed by atoms with Crippen molar-refractivity contribution < 1.29 is 14.0 Å². The van der Waals surface area contributed by atoms with Gasteiger partial charge in [-0.05, 0) is 57.0 Å². The summed E-state index contributed by atoms with van der Waals surface area (Å²) in [5, 5.41) is 3.71. The van der Waals surface area contributed by atoms with Crippen LogP contribution in [0.15, 0.2) is 42.5 Å². The van der Waals surface area contributed by atoms with Crippen molar-refractivity contribution >= 4 is 46.8 Å². The predicted octanol–water partition coefficient (Wildman–Crippen LogP) is 5.70. The van der Waals surface area contributed by atoms with Gasteiger partial charge in [0.05, 0.1) is 15.8 Å². The Kier molecular flexibility index (Phi) is 9.22. The SMILES string of the molecule is C[C@@H](C(=O)NC(C)(C)C)N(Cc1ccc(Cl)c(Cl)c1)C(=O)CSCc1ccccc1F. The Morgan fingerprint density at radius 1 is 1.13 bits per heavy atom. The van der Waals surface area contributed by atoms with E-state index < -0.39 is 11.6 Å². The van der Waals surface area contributed by atoms with Gasteiger partial charge in [0.1, 0.15) is 11.9 Å². The number of rotatable bonds is 8. The fourth-order valence-electron chi connectivity index (χ4n) is 2.84. The number of benzene rings is 2.